The van der Waals surface area contributed by atoms with Crippen molar-refractivity contribution in [3.05, 3.63) is 35.0 Å². The van der Waals surface area contributed by atoms with Gasteiger partial charge in [-0.05, 0) is 43.9 Å². The number of carbonyl (C=O) groups is 1. The first-order chi connectivity index (χ1) is 11.8. The molecule has 1 aliphatic rings. The van der Waals surface area contributed by atoms with Gasteiger partial charge in [0.25, 0.3) is 0 Å². The van der Waals surface area contributed by atoms with Crippen LogP contribution in [-0.4, -0.2) is 50.0 Å². The van der Waals surface area contributed by atoms with Gasteiger partial charge in [-0.3, -0.25) is 4.79 Å². The van der Waals surface area contributed by atoms with Crippen LogP contribution in [0.1, 0.15) is 35.6 Å². The molecule has 1 unspecified atom stereocenters. The number of hydrogen-bond acceptors (Lipinski definition) is 3. The van der Waals surface area contributed by atoms with Gasteiger partial charge in [0, 0.05) is 36.7 Å². The largest absolute Gasteiger partial charge is 0.357 e. The first-order valence-electron chi connectivity index (χ1n) is 8.57. The molecule has 7 heteroatoms. The Balaban J connectivity index is 1.74. The Kier molecular flexibility index (Phi) is 4.88. The number of nitrogens with one attached hydrogen (secondary N) is 2. The second-order valence-electron chi connectivity index (χ2n) is 6.89. The topological polar surface area (TPSA) is 82.3 Å². The zero-order valence-electron chi connectivity index (χ0n) is 14.9. The first kappa shape index (κ1) is 17.9. The van der Waals surface area contributed by atoms with Crippen molar-refractivity contribution in [1.82, 2.24) is 14.6 Å². The van der Waals surface area contributed by atoms with Crippen molar-refractivity contribution in [1.29, 1.82) is 0 Å². The molecule has 0 radical (unpaired) electrons. The number of fused-ring (bicyclic) bond motifs is 3. The van der Waals surface area contributed by atoms with E-state index in [9.17, 15) is 13.2 Å². The lowest BCUT2D eigenvalue weighted by atomic mass is 9.86. The number of rotatable bonds is 5. The van der Waals surface area contributed by atoms with Crippen LogP contribution in [0, 0.1) is 6.92 Å². The summed E-state index contributed by atoms with van der Waals surface area (Å²) in [5.74, 6) is -0.230. The van der Waals surface area contributed by atoms with Gasteiger partial charge < -0.3 is 10.3 Å². The summed E-state index contributed by atoms with van der Waals surface area (Å²) in [6, 6.07) is 6.31. The van der Waals surface area contributed by atoms with Crippen LogP contribution in [0.25, 0.3) is 10.9 Å². The number of aromatic nitrogens is 1. The fourth-order valence-corrected chi connectivity index (χ4v) is 3.89. The second kappa shape index (κ2) is 6.80. The lowest BCUT2D eigenvalue weighted by Crippen LogP contribution is -2.38. The number of sulfonamides is 1. The molecule has 2 aromatic rings. The zero-order valence-corrected chi connectivity index (χ0v) is 15.7. The van der Waals surface area contributed by atoms with Crippen molar-refractivity contribution in [3.63, 3.8) is 0 Å². The Bertz CT molecular complexity index is 902. The lowest BCUT2D eigenvalue weighted by molar-refractivity contribution is -0.122. The molecule has 0 bridgehead atoms. The predicted octanol–water partition coefficient (Wildman–Crippen LogP) is 1.90. The highest BCUT2D eigenvalue weighted by Crippen LogP contribution is 2.36. The van der Waals surface area contributed by atoms with Crippen LogP contribution < -0.4 is 5.32 Å². The highest BCUT2D eigenvalue weighted by atomic mass is 32.2. The van der Waals surface area contributed by atoms with Crippen LogP contribution in [0.4, 0.5) is 0 Å². The number of likely N-dealkylation sites (N-methyl/N-ethyl adjacent to an activating group) is 1. The maximum atomic E-state index is 12.6. The van der Waals surface area contributed by atoms with E-state index >= 15 is 0 Å². The van der Waals surface area contributed by atoms with Crippen molar-refractivity contribution in [2.24, 2.45) is 0 Å². The lowest BCUT2D eigenvalue weighted by Gasteiger charge is -2.22. The molecule has 1 aromatic carbocycles. The van der Waals surface area contributed by atoms with E-state index in [-0.39, 0.29) is 18.4 Å². The molecule has 6 nitrogen and oxygen atoms in total. The van der Waals surface area contributed by atoms with Crippen molar-refractivity contribution in [2.75, 3.05) is 26.4 Å². The Hall–Kier alpha value is -1.86. The highest BCUT2D eigenvalue weighted by molar-refractivity contribution is 7.88. The summed E-state index contributed by atoms with van der Waals surface area (Å²) in [7, 11) is -1.71. The van der Waals surface area contributed by atoms with Gasteiger partial charge in [0.2, 0.25) is 15.9 Å². The van der Waals surface area contributed by atoms with E-state index < -0.39 is 10.0 Å². The van der Waals surface area contributed by atoms with Crippen LogP contribution >= 0.6 is 0 Å². The molecule has 136 valence electrons. The van der Waals surface area contributed by atoms with Gasteiger partial charge >= 0.3 is 0 Å². The molecule has 1 amide bonds. The highest BCUT2D eigenvalue weighted by Gasteiger charge is 2.29. The first-order valence-corrected chi connectivity index (χ1v) is 10.4. The van der Waals surface area contributed by atoms with Gasteiger partial charge in [-0.15, -0.1) is 0 Å². The van der Waals surface area contributed by atoms with Crippen LogP contribution in [0.3, 0.4) is 0 Å². The molecule has 0 saturated carbocycles. The molecule has 3 rings (SSSR count). The van der Waals surface area contributed by atoms with E-state index in [1.807, 2.05) is 0 Å². The van der Waals surface area contributed by atoms with Crippen LogP contribution in [0.5, 0.6) is 0 Å². The van der Waals surface area contributed by atoms with Gasteiger partial charge in [0.15, 0.2) is 0 Å². The maximum absolute atomic E-state index is 12.6. The Morgan fingerprint density at radius 2 is 2.16 bits per heavy atom. The Morgan fingerprint density at radius 1 is 1.40 bits per heavy atom. The summed E-state index contributed by atoms with van der Waals surface area (Å²) >= 11 is 0. The van der Waals surface area contributed by atoms with E-state index in [1.54, 1.807) is 0 Å². The minimum Gasteiger partial charge on any atom is -0.357 e. The molecule has 0 spiro atoms. The Labute approximate surface area is 148 Å². The summed E-state index contributed by atoms with van der Waals surface area (Å²) in [5, 5.41) is 4.10. The van der Waals surface area contributed by atoms with Crippen LogP contribution in [0.15, 0.2) is 18.2 Å². The molecule has 1 atom stereocenters. The summed E-state index contributed by atoms with van der Waals surface area (Å²) < 4.78 is 24.1. The van der Waals surface area contributed by atoms with E-state index in [0.29, 0.717) is 6.54 Å². The molecular weight excluding hydrogens is 338 g/mol. The van der Waals surface area contributed by atoms with Gasteiger partial charge in [-0.1, -0.05) is 11.6 Å². The zero-order chi connectivity index (χ0) is 18.2. The second-order valence-corrected chi connectivity index (χ2v) is 8.98. The molecule has 1 aliphatic carbocycles. The monoisotopic (exact) mass is 363 g/mol. The van der Waals surface area contributed by atoms with Gasteiger partial charge in [-0.25, -0.2) is 12.7 Å². The summed E-state index contributed by atoms with van der Waals surface area (Å²) in [4.78, 5) is 16.1. The van der Waals surface area contributed by atoms with E-state index in [2.05, 4.69) is 35.4 Å². The number of nitrogens with zero attached hydrogens (tertiary/aromatic N) is 1. The third kappa shape index (κ3) is 3.72. The molecule has 0 saturated heterocycles. The number of carbonyl (C=O) groups excluding carboxylic acids is 1. The van der Waals surface area contributed by atoms with Gasteiger partial charge in [-0.2, -0.15) is 0 Å². The standard InChI is InChI=1S/C18H25N3O3S/c1-12-7-8-16-15(11-12)13-5-4-6-14(17(13)20-16)18(22)19-9-10-21(2)25(3,23)24/h7-8,11,14,20H,4-6,9-10H2,1-3H3,(H,19,22). The SMILES string of the molecule is Cc1ccc2[nH]c3c(c2c1)CCCC3C(=O)NCCN(C)S(C)(=O)=O. The molecule has 1 heterocycles. The third-order valence-corrected chi connectivity index (χ3v) is 6.29. The van der Waals surface area contributed by atoms with Gasteiger partial charge in [0.05, 0.1) is 12.2 Å². The van der Waals surface area contributed by atoms with Crippen LogP contribution in [-0.2, 0) is 21.2 Å². The number of aromatic amines is 1. The van der Waals surface area contributed by atoms with E-state index in [4.69, 9.17) is 0 Å². The summed E-state index contributed by atoms with van der Waals surface area (Å²) in [5.41, 5.74) is 4.55. The van der Waals surface area contributed by atoms with E-state index in [0.717, 1.165) is 36.7 Å². The summed E-state index contributed by atoms with van der Waals surface area (Å²) in [6.07, 6.45) is 3.94. The average molecular weight is 363 g/mol. The molecule has 0 fully saturated rings. The summed E-state index contributed by atoms with van der Waals surface area (Å²) in [6.45, 7) is 2.66. The molecule has 2 N–H and O–H groups in total. The molecule has 1 aromatic heterocycles. The number of aryl methyl sites for hydroxylation is 2. The predicted molar refractivity (Wildman–Crippen MR) is 99.2 cm³/mol. The smallest absolute Gasteiger partial charge is 0.229 e. The maximum Gasteiger partial charge on any atom is 0.229 e. The number of H-pyrrole nitrogens is 1. The third-order valence-electron chi connectivity index (χ3n) is 4.97. The van der Waals surface area contributed by atoms with Crippen molar-refractivity contribution in [3.8, 4) is 0 Å². The molecule has 25 heavy (non-hydrogen) atoms. The normalized spacial score (nSPS) is 17.7. The van der Waals surface area contributed by atoms with Crippen molar-refractivity contribution >= 4 is 26.8 Å². The average Bonchev–Trinajstić information content (AvgIpc) is 2.91. The minimum atomic E-state index is -3.22. The molecule has 0 aliphatic heterocycles. The van der Waals surface area contributed by atoms with Crippen molar-refractivity contribution in [2.45, 2.75) is 32.1 Å². The number of hydrogen-bond donors (Lipinski definition) is 2. The van der Waals surface area contributed by atoms with Crippen LogP contribution in [0.2, 0.25) is 0 Å². The number of amides is 1. The number of benzene rings is 1. The van der Waals surface area contributed by atoms with Crippen molar-refractivity contribution < 1.29 is 13.2 Å². The minimum absolute atomic E-state index is 0.0360. The van der Waals surface area contributed by atoms with Gasteiger partial charge in [0.1, 0.15) is 0 Å². The quantitative estimate of drug-likeness (QED) is 0.851. The van der Waals surface area contributed by atoms with E-state index in [1.165, 1.54) is 27.9 Å². The fraction of sp³-hybridized carbons (Fsp3) is 0.500. The Morgan fingerprint density at radius 3 is 2.88 bits per heavy atom. The fourth-order valence-electron chi connectivity index (χ4n) is 3.46. The molecular formula is C18H25N3O3S.